The van der Waals surface area contributed by atoms with Gasteiger partial charge < -0.3 is 15.4 Å². The number of hydrogen-bond acceptors (Lipinski definition) is 4. The van der Waals surface area contributed by atoms with Crippen molar-refractivity contribution in [2.24, 2.45) is 0 Å². The van der Waals surface area contributed by atoms with E-state index in [2.05, 4.69) is 10.6 Å². The second-order valence-corrected chi connectivity index (χ2v) is 4.45. The van der Waals surface area contributed by atoms with Crippen LogP contribution >= 0.6 is 11.8 Å². The predicted octanol–water partition coefficient (Wildman–Crippen LogP) is 1.38. The third-order valence-corrected chi connectivity index (χ3v) is 2.69. The highest BCUT2D eigenvalue weighted by atomic mass is 32.2. The molecule has 0 rings (SSSR count). The molecular formula is C11H22N2O3S. The number of carbonyl (C=O) groups excluding carboxylic acids is 2. The molecule has 0 aromatic rings. The van der Waals surface area contributed by atoms with Gasteiger partial charge in [-0.05, 0) is 19.6 Å². The van der Waals surface area contributed by atoms with E-state index in [0.717, 1.165) is 12.8 Å². The molecule has 0 aliphatic heterocycles. The Morgan fingerprint density at radius 2 is 2.06 bits per heavy atom. The molecule has 17 heavy (non-hydrogen) atoms. The van der Waals surface area contributed by atoms with Gasteiger partial charge in [0, 0.05) is 12.3 Å². The second kappa shape index (κ2) is 10.3. The van der Waals surface area contributed by atoms with E-state index in [4.69, 9.17) is 4.74 Å². The summed E-state index contributed by atoms with van der Waals surface area (Å²) in [7, 11) is 0. The van der Waals surface area contributed by atoms with Crippen LogP contribution in [-0.2, 0) is 9.53 Å². The van der Waals surface area contributed by atoms with E-state index in [1.165, 1.54) is 11.8 Å². The SMILES string of the molecule is CCCCOC(=O)N[C@@H](CSC)C(=O)NCC. The normalized spacial score (nSPS) is 11.7. The minimum Gasteiger partial charge on any atom is -0.450 e. The molecule has 0 heterocycles. The first-order chi connectivity index (χ1) is 8.15. The minimum atomic E-state index is -0.529. The third kappa shape index (κ3) is 7.90. The standard InChI is InChI=1S/C11H22N2O3S/c1-4-6-7-16-11(15)13-9(8-17-3)10(14)12-5-2/h9H,4-8H2,1-3H3,(H,12,14)(H,13,15)/t9-/m0/s1. The van der Waals surface area contributed by atoms with Crippen LogP contribution in [0.3, 0.4) is 0 Å². The lowest BCUT2D eigenvalue weighted by Gasteiger charge is -2.16. The number of ether oxygens (including phenoxy) is 1. The van der Waals surface area contributed by atoms with E-state index in [1.807, 2.05) is 20.1 Å². The molecule has 0 saturated heterocycles. The second-order valence-electron chi connectivity index (χ2n) is 3.54. The Balaban J connectivity index is 4.05. The van der Waals surface area contributed by atoms with Gasteiger partial charge in [0.15, 0.2) is 0 Å². The number of rotatable bonds is 8. The Morgan fingerprint density at radius 1 is 1.35 bits per heavy atom. The first-order valence-electron chi connectivity index (χ1n) is 5.85. The molecule has 2 N–H and O–H groups in total. The molecule has 0 aromatic heterocycles. The lowest BCUT2D eigenvalue weighted by atomic mass is 10.3. The summed E-state index contributed by atoms with van der Waals surface area (Å²) in [4.78, 5) is 23.0. The summed E-state index contributed by atoms with van der Waals surface area (Å²) in [5.74, 6) is 0.364. The molecule has 100 valence electrons. The van der Waals surface area contributed by atoms with Crippen molar-refractivity contribution in [1.82, 2.24) is 10.6 Å². The van der Waals surface area contributed by atoms with Gasteiger partial charge in [-0.2, -0.15) is 11.8 Å². The molecule has 2 amide bonds. The molecule has 1 atom stereocenters. The first-order valence-corrected chi connectivity index (χ1v) is 7.25. The van der Waals surface area contributed by atoms with Gasteiger partial charge in [0.1, 0.15) is 6.04 Å². The molecule has 0 unspecified atom stereocenters. The maximum Gasteiger partial charge on any atom is 0.407 e. The van der Waals surface area contributed by atoms with Crippen molar-refractivity contribution in [3.05, 3.63) is 0 Å². The number of thioether (sulfide) groups is 1. The molecule has 0 saturated carbocycles. The summed E-state index contributed by atoms with van der Waals surface area (Å²) < 4.78 is 4.95. The lowest BCUT2D eigenvalue weighted by Crippen LogP contribution is -2.48. The monoisotopic (exact) mass is 262 g/mol. The summed E-state index contributed by atoms with van der Waals surface area (Å²) in [5, 5.41) is 5.25. The highest BCUT2D eigenvalue weighted by Crippen LogP contribution is 1.99. The average Bonchev–Trinajstić information content (AvgIpc) is 2.29. The number of alkyl carbamates (subject to hydrolysis) is 1. The molecule has 0 bridgehead atoms. The van der Waals surface area contributed by atoms with Gasteiger partial charge in [0.05, 0.1) is 6.61 Å². The van der Waals surface area contributed by atoms with Crippen LogP contribution in [0.1, 0.15) is 26.7 Å². The van der Waals surface area contributed by atoms with E-state index in [0.29, 0.717) is 18.9 Å². The quantitative estimate of drug-likeness (QED) is 0.649. The summed E-state index contributed by atoms with van der Waals surface area (Å²) in [5.41, 5.74) is 0. The van der Waals surface area contributed by atoms with Crippen LogP contribution in [0.5, 0.6) is 0 Å². The molecular weight excluding hydrogens is 240 g/mol. The zero-order valence-corrected chi connectivity index (χ0v) is 11.6. The van der Waals surface area contributed by atoms with E-state index in [1.54, 1.807) is 0 Å². The van der Waals surface area contributed by atoms with Crippen molar-refractivity contribution in [3.63, 3.8) is 0 Å². The Morgan fingerprint density at radius 3 is 2.59 bits per heavy atom. The maximum atomic E-state index is 11.6. The van der Waals surface area contributed by atoms with Crippen LogP contribution in [0.2, 0.25) is 0 Å². The van der Waals surface area contributed by atoms with Crippen molar-refractivity contribution >= 4 is 23.8 Å². The van der Waals surface area contributed by atoms with E-state index < -0.39 is 12.1 Å². The fraction of sp³-hybridized carbons (Fsp3) is 0.818. The lowest BCUT2D eigenvalue weighted by molar-refractivity contribution is -0.122. The largest absolute Gasteiger partial charge is 0.450 e. The fourth-order valence-electron chi connectivity index (χ4n) is 1.14. The Kier molecular flexibility index (Phi) is 9.71. The number of amides is 2. The van der Waals surface area contributed by atoms with Crippen LogP contribution in [0.25, 0.3) is 0 Å². The van der Waals surface area contributed by atoms with Crippen molar-refractivity contribution in [2.75, 3.05) is 25.2 Å². The molecule has 0 aromatic carbocycles. The van der Waals surface area contributed by atoms with Gasteiger partial charge in [0.2, 0.25) is 5.91 Å². The smallest absolute Gasteiger partial charge is 0.407 e. The van der Waals surface area contributed by atoms with Gasteiger partial charge in [-0.15, -0.1) is 0 Å². The topological polar surface area (TPSA) is 67.4 Å². The number of carbonyl (C=O) groups is 2. The summed E-state index contributed by atoms with van der Waals surface area (Å²) in [6.45, 7) is 4.81. The Hall–Kier alpha value is -0.910. The zero-order chi connectivity index (χ0) is 13.1. The number of nitrogens with one attached hydrogen (secondary N) is 2. The highest BCUT2D eigenvalue weighted by Gasteiger charge is 2.19. The van der Waals surface area contributed by atoms with Gasteiger partial charge >= 0.3 is 6.09 Å². The molecule has 0 fully saturated rings. The number of likely N-dealkylation sites (N-methyl/N-ethyl adjacent to an activating group) is 1. The van der Waals surface area contributed by atoms with Gasteiger partial charge in [0.25, 0.3) is 0 Å². The minimum absolute atomic E-state index is 0.172. The highest BCUT2D eigenvalue weighted by molar-refractivity contribution is 7.98. The molecule has 0 aliphatic rings. The maximum absolute atomic E-state index is 11.6. The molecule has 0 aliphatic carbocycles. The van der Waals surface area contributed by atoms with E-state index in [-0.39, 0.29) is 5.91 Å². The molecule has 0 radical (unpaired) electrons. The number of hydrogen-bond donors (Lipinski definition) is 2. The Labute approximate surface area is 107 Å². The van der Waals surface area contributed by atoms with Crippen LogP contribution in [0, 0.1) is 0 Å². The van der Waals surface area contributed by atoms with Crippen molar-refractivity contribution < 1.29 is 14.3 Å². The number of unbranched alkanes of at least 4 members (excludes halogenated alkanes) is 1. The zero-order valence-electron chi connectivity index (χ0n) is 10.7. The molecule has 5 nitrogen and oxygen atoms in total. The average molecular weight is 262 g/mol. The Bertz CT molecular complexity index is 237. The molecule has 0 spiro atoms. The van der Waals surface area contributed by atoms with Gasteiger partial charge in [-0.3, -0.25) is 4.79 Å². The van der Waals surface area contributed by atoms with Crippen molar-refractivity contribution in [1.29, 1.82) is 0 Å². The van der Waals surface area contributed by atoms with Gasteiger partial charge in [-0.25, -0.2) is 4.79 Å². The van der Waals surface area contributed by atoms with Crippen LogP contribution in [0.4, 0.5) is 4.79 Å². The predicted molar refractivity (Wildman–Crippen MR) is 70.2 cm³/mol. The van der Waals surface area contributed by atoms with E-state index in [9.17, 15) is 9.59 Å². The third-order valence-electron chi connectivity index (χ3n) is 2.02. The summed E-state index contributed by atoms with van der Waals surface area (Å²) >= 11 is 1.50. The summed E-state index contributed by atoms with van der Waals surface area (Å²) in [6, 6.07) is -0.529. The summed E-state index contributed by atoms with van der Waals surface area (Å²) in [6.07, 6.45) is 3.17. The van der Waals surface area contributed by atoms with Crippen molar-refractivity contribution in [2.45, 2.75) is 32.7 Å². The molecule has 6 heteroatoms. The van der Waals surface area contributed by atoms with Crippen LogP contribution in [0.15, 0.2) is 0 Å². The van der Waals surface area contributed by atoms with Crippen LogP contribution in [-0.4, -0.2) is 43.2 Å². The first kappa shape index (κ1) is 16.1. The van der Waals surface area contributed by atoms with E-state index >= 15 is 0 Å². The van der Waals surface area contributed by atoms with Crippen LogP contribution < -0.4 is 10.6 Å². The van der Waals surface area contributed by atoms with Crippen molar-refractivity contribution in [3.8, 4) is 0 Å². The van der Waals surface area contributed by atoms with Gasteiger partial charge in [-0.1, -0.05) is 13.3 Å². The fourth-order valence-corrected chi connectivity index (χ4v) is 1.71.